The summed E-state index contributed by atoms with van der Waals surface area (Å²) in [5, 5.41) is 2.68. The molecule has 188 valence electrons. The Morgan fingerprint density at radius 3 is 2.26 bits per heavy atom. The molecule has 1 saturated heterocycles. The molecular formula is C27H35FN4O3. The van der Waals surface area contributed by atoms with Crippen LogP contribution in [0.1, 0.15) is 36.5 Å². The van der Waals surface area contributed by atoms with Gasteiger partial charge in [0.25, 0.3) is 0 Å². The van der Waals surface area contributed by atoms with E-state index < -0.39 is 18.1 Å². The number of likely N-dealkylation sites (N-methyl/N-ethyl adjacent to an activating group) is 1. The quantitative estimate of drug-likeness (QED) is 0.573. The molecule has 0 aromatic heterocycles. The van der Waals surface area contributed by atoms with E-state index in [1.54, 1.807) is 29.0 Å². The number of hydrogen-bond donors (Lipinski definition) is 2. The van der Waals surface area contributed by atoms with Crippen LogP contribution in [0.5, 0.6) is 0 Å². The Labute approximate surface area is 206 Å². The van der Waals surface area contributed by atoms with Crippen LogP contribution in [0.2, 0.25) is 0 Å². The smallest absolute Gasteiger partial charge is 0.246 e. The van der Waals surface area contributed by atoms with Crippen LogP contribution in [-0.4, -0.2) is 65.8 Å². The van der Waals surface area contributed by atoms with Crippen LogP contribution in [0.4, 0.5) is 4.39 Å². The van der Waals surface area contributed by atoms with Gasteiger partial charge in [-0.25, -0.2) is 4.39 Å². The van der Waals surface area contributed by atoms with Crippen LogP contribution in [0.25, 0.3) is 0 Å². The summed E-state index contributed by atoms with van der Waals surface area (Å²) in [5.74, 6) is -1.13. The molecule has 0 saturated carbocycles. The lowest BCUT2D eigenvalue weighted by atomic mass is 9.97. The number of benzene rings is 2. The fraction of sp³-hybridized carbons (Fsp3) is 0.444. The molecule has 0 bridgehead atoms. The summed E-state index contributed by atoms with van der Waals surface area (Å²) in [7, 11) is 1.56. The van der Waals surface area contributed by atoms with Crippen LogP contribution in [-0.2, 0) is 27.2 Å². The number of piperazine rings is 1. The van der Waals surface area contributed by atoms with Crippen molar-refractivity contribution >= 4 is 17.7 Å². The van der Waals surface area contributed by atoms with Gasteiger partial charge in [0.15, 0.2) is 0 Å². The summed E-state index contributed by atoms with van der Waals surface area (Å²) >= 11 is 0. The van der Waals surface area contributed by atoms with Gasteiger partial charge in [0, 0.05) is 26.6 Å². The van der Waals surface area contributed by atoms with Crippen molar-refractivity contribution in [3.8, 4) is 0 Å². The maximum atomic E-state index is 13.6. The van der Waals surface area contributed by atoms with Crippen molar-refractivity contribution in [2.75, 3.05) is 20.1 Å². The van der Waals surface area contributed by atoms with E-state index >= 15 is 0 Å². The lowest BCUT2D eigenvalue weighted by Crippen LogP contribution is -2.65. The van der Waals surface area contributed by atoms with Crippen molar-refractivity contribution < 1.29 is 18.8 Å². The Kier molecular flexibility index (Phi) is 8.98. The number of carbonyl (C=O) groups is 3. The van der Waals surface area contributed by atoms with Gasteiger partial charge in [-0.3, -0.25) is 14.4 Å². The summed E-state index contributed by atoms with van der Waals surface area (Å²) in [6, 6.07) is 11.6. The Bertz CT molecular complexity index is 1030. The molecule has 3 atom stereocenters. The summed E-state index contributed by atoms with van der Waals surface area (Å²) in [6.45, 7) is 4.50. The zero-order valence-corrected chi connectivity index (χ0v) is 20.7. The maximum Gasteiger partial charge on any atom is 0.246 e. The summed E-state index contributed by atoms with van der Waals surface area (Å²) in [6.07, 6.45) is 1.82. The number of rotatable bonds is 9. The zero-order valence-electron chi connectivity index (χ0n) is 20.7. The van der Waals surface area contributed by atoms with E-state index in [0.717, 1.165) is 16.7 Å². The lowest BCUT2D eigenvalue weighted by molar-refractivity contribution is -0.156. The zero-order chi connectivity index (χ0) is 25.5. The molecule has 1 aliphatic rings. The molecule has 3 unspecified atom stereocenters. The van der Waals surface area contributed by atoms with Crippen molar-refractivity contribution in [1.82, 2.24) is 15.1 Å². The predicted octanol–water partition coefficient (Wildman–Crippen LogP) is 2.20. The molecule has 1 heterocycles. The van der Waals surface area contributed by atoms with E-state index in [9.17, 15) is 18.8 Å². The first-order valence-electron chi connectivity index (χ1n) is 12.1. The van der Waals surface area contributed by atoms with E-state index in [2.05, 4.69) is 5.32 Å². The van der Waals surface area contributed by atoms with Crippen LogP contribution >= 0.6 is 0 Å². The second-order valence-electron chi connectivity index (χ2n) is 9.12. The maximum absolute atomic E-state index is 13.6. The Morgan fingerprint density at radius 1 is 1.06 bits per heavy atom. The molecule has 0 spiro atoms. The number of nitrogens with two attached hydrogens (primary N) is 1. The molecule has 35 heavy (non-hydrogen) atoms. The van der Waals surface area contributed by atoms with E-state index in [-0.39, 0.29) is 36.5 Å². The molecule has 8 heteroatoms. The number of nitrogens with one attached hydrogen (secondary N) is 1. The number of amides is 3. The van der Waals surface area contributed by atoms with Crippen molar-refractivity contribution in [1.29, 1.82) is 0 Å². The number of nitrogens with zero attached hydrogens (tertiary/aromatic N) is 2. The van der Waals surface area contributed by atoms with E-state index in [4.69, 9.17) is 5.73 Å². The molecule has 0 aliphatic carbocycles. The van der Waals surface area contributed by atoms with Crippen LogP contribution in [0.15, 0.2) is 48.5 Å². The highest BCUT2D eigenvalue weighted by molar-refractivity contribution is 5.94. The molecule has 1 fully saturated rings. The van der Waals surface area contributed by atoms with Gasteiger partial charge in [0.05, 0.1) is 6.04 Å². The number of aryl methyl sites for hydroxylation is 1. The molecule has 7 nitrogen and oxygen atoms in total. The number of halogens is 1. The first-order valence-corrected chi connectivity index (χ1v) is 12.1. The van der Waals surface area contributed by atoms with Crippen LogP contribution in [0, 0.1) is 12.7 Å². The van der Waals surface area contributed by atoms with E-state index in [1.807, 2.05) is 38.1 Å². The topological polar surface area (TPSA) is 95.7 Å². The molecule has 3 N–H and O–H groups in total. The minimum absolute atomic E-state index is 0.234. The molecule has 3 amide bonds. The molecule has 2 aromatic carbocycles. The summed E-state index contributed by atoms with van der Waals surface area (Å²) in [5.41, 5.74) is 9.06. The second-order valence-corrected chi connectivity index (χ2v) is 9.12. The normalized spacial score (nSPS) is 17.7. The van der Waals surface area contributed by atoms with Crippen molar-refractivity contribution in [2.24, 2.45) is 5.73 Å². The lowest BCUT2D eigenvalue weighted by Gasteiger charge is -2.44. The Hall–Kier alpha value is -3.26. The third kappa shape index (κ3) is 6.45. The molecule has 1 aliphatic heterocycles. The van der Waals surface area contributed by atoms with Crippen molar-refractivity contribution in [2.45, 2.75) is 57.7 Å². The van der Waals surface area contributed by atoms with Gasteiger partial charge >= 0.3 is 0 Å². The fourth-order valence-electron chi connectivity index (χ4n) is 4.57. The van der Waals surface area contributed by atoms with Gasteiger partial charge in [-0.1, -0.05) is 55.3 Å². The van der Waals surface area contributed by atoms with Gasteiger partial charge in [-0.05, 0) is 43.0 Å². The van der Waals surface area contributed by atoms with Crippen molar-refractivity contribution in [3.63, 3.8) is 0 Å². The molecule has 0 radical (unpaired) electrons. The molecular weight excluding hydrogens is 447 g/mol. The highest BCUT2D eigenvalue weighted by Crippen LogP contribution is 2.22. The van der Waals surface area contributed by atoms with Gasteiger partial charge < -0.3 is 20.9 Å². The van der Waals surface area contributed by atoms with Gasteiger partial charge in [0.1, 0.15) is 17.9 Å². The fourth-order valence-corrected chi connectivity index (χ4v) is 4.57. The van der Waals surface area contributed by atoms with E-state index in [1.165, 1.54) is 12.1 Å². The van der Waals surface area contributed by atoms with Gasteiger partial charge in [0.2, 0.25) is 17.7 Å². The number of carbonyl (C=O) groups excluding carboxylic acids is 3. The Balaban J connectivity index is 1.78. The largest absolute Gasteiger partial charge is 0.357 e. The minimum atomic E-state index is -0.846. The van der Waals surface area contributed by atoms with Crippen LogP contribution < -0.4 is 11.1 Å². The predicted molar refractivity (Wildman–Crippen MR) is 133 cm³/mol. The average molecular weight is 483 g/mol. The highest BCUT2D eigenvalue weighted by Gasteiger charge is 2.42. The summed E-state index contributed by atoms with van der Waals surface area (Å²) in [4.78, 5) is 42.9. The summed E-state index contributed by atoms with van der Waals surface area (Å²) < 4.78 is 13.2. The standard InChI is InChI=1S/C27H35FN4O3/c1-4-5-23-27(35)32(24(25(33)30-3)17-20-8-6-18(2)7-9-20)15-14-31(23)26(34)22(29)16-19-10-12-21(28)13-11-19/h6-13,22-24H,4-5,14-17,29H2,1-3H3,(H,30,33). The third-order valence-corrected chi connectivity index (χ3v) is 6.53. The minimum Gasteiger partial charge on any atom is -0.357 e. The van der Waals surface area contributed by atoms with Crippen molar-refractivity contribution in [3.05, 3.63) is 71.0 Å². The monoisotopic (exact) mass is 482 g/mol. The number of hydrogen-bond acceptors (Lipinski definition) is 4. The molecule has 2 aromatic rings. The van der Waals surface area contributed by atoms with Gasteiger partial charge in [-0.15, -0.1) is 0 Å². The average Bonchev–Trinajstić information content (AvgIpc) is 2.85. The highest BCUT2D eigenvalue weighted by atomic mass is 19.1. The van der Waals surface area contributed by atoms with Gasteiger partial charge in [-0.2, -0.15) is 0 Å². The molecule has 3 rings (SSSR count). The second kappa shape index (κ2) is 11.9. The third-order valence-electron chi connectivity index (χ3n) is 6.53. The van der Waals surface area contributed by atoms with E-state index in [0.29, 0.717) is 25.8 Å². The Morgan fingerprint density at radius 2 is 1.66 bits per heavy atom. The van der Waals surface area contributed by atoms with Crippen LogP contribution in [0.3, 0.4) is 0 Å². The first kappa shape index (κ1) is 26.3. The SMILES string of the molecule is CCCC1C(=O)N(C(Cc2ccc(C)cc2)C(=O)NC)CCN1C(=O)C(N)Cc1ccc(F)cc1. The first-order chi connectivity index (χ1) is 16.7.